The van der Waals surface area contributed by atoms with E-state index in [1.807, 2.05) is 0 Å². The molecule has 0 aliphatic heterocycles. The van der Waals surface area contributed by atoms with Gasteiger partial charge in [-0.05, 0) is 47.9 Å². The first kappa shape index (κ1) is 12.5. The Kier molecular flexibility index (Phi) is 4.74. The molecule has 0 aromatic carbocycles. The molecule has 90 valence electrons. The Morgan fingerprint density at radius 3 is 3.12 bits per heavy atom. The highest BCUT2D eigenvalue weighted by atomic mass is 32.2. The molecule has 1 saturated carbocycles. The third-order valence-electron chi connectivity index (χ3n) is 3.34. The van der Waals surface area contributed by atoms with Crippen molar-refractivity contribution in [1.29, 1.82) is 0 Å². The summed E-state index contributed by atoms with van der Waals surface area (Å²) >= 11 is 3.92. The Bertz CT molecular complexity index is 297. The maximum absolute atomic E-state index is 3.80. The first-order valence-corrected chi connectivity index (χ1v) is 8.20. The van der Waals surface area contributed by atoms with Crippen LogP contribution in [0.15, 0.2) is 16.8 Å². The lowest BCUT2D eigenvalue weighted by molar-refractivity contribution is 0.468. The van der Waals surface area contributed by atoms with Crippen molar-refractivity contribution < 1.29 is 0 Å². The molecule has 1 heterocycles. The van der Waals surface area contributed by atoms with E-state index in [1.54, 1.807) is 11.3 Å². The van der Waals surface area contributed by atoms with Crippen LogP contribution < -0.4 is 5.32 Å². The highest BCUT2D eigenvalue weighted by Crippen LogP contribution is 2.31. The topological polar surface area (TPSA) is 12.0 Å². The van der Waals surface area contributed by atoms with Crippen molar-refractivity contribution in [3.8, 4) is 0 Å². The lowest BCUT2D eigenvalue weighted by Gasteiger charge is -2.24. The van der Waals surface area contributed by atoms with E-state index in [4.69, 9.17) is 0 Å². The third-order valence-corrected chi connectivity index (χ3v) is 5.37. The largest absolute Gasteiger partial charge is 0.306 e. The van der Waals surface area contributed by atoms with E-state index in [0.29, 0.717) is 6.04 Å². The van der Waals surface area contributed by atoms with Crippen LogP contribution in [0.3, 0.4) is 0 Å². The summed E-state index contributed by atoms with van der Waals surface area (Å²) in [6, 6.07) is 3.47. The Balaban J connectivity index is 1.88. The molecule has 1 aliphatic carbocycles. The smallest absolute Gasteiger partial charge is 0.0303 e. The van der Waals surface area contributed by atoms with Gasteiger partial charge in [0.1, 0.15) is 0 Å². The molecule has 1 nitrogen and oxygen atoms in total. The van der Waals surface area contributed by atoms with Gasteiger partial charge in [-0.15, -0.1) is 0 Å². The number of hydrogen-bond acceptors (Lipinski definition) is 3. The second kappa shape index (κ2) is 6.08. The van der Waals surface area contributed by atoms with Crippen LogP contribution in [0.2, 0.25) is 0 Å². The van der Waals surface area contributed by atoms with Gasteiger partial charge in [0.25, 0.3) is 0 Å². The van der Waals surface area contributed by atoms with Crippen molar-refractivity contribution in [3.05, 3.63) is 22.4 Å². The summed E-state index contributed by atoms with van der Waals surface area (Å²) in [5.41, 5.74) is 1.44. The monoisotopic (exact) mass is 255 g/mol. The van der Waals surface area contributed by atoms with Gasteiger partial charge in [0.05, 0.1) is 0 Å². The van der Waals surface area contributed by atoms with Crippen LogP contribution in [-0.4, -0.2) is 17.0 Å². The number of thioether (sulfide) groups is 1. The zero-order chi connectivity index (χ0) is 11.4. The molecule has 16 heavy (non-hydrogen) atoms. The quantitative estimate of drug-likeness (QED) is 0.851. The Labute approximate surface area is 107 Å². The molecule has 2 rings (SSSR count). The van der Waals surface area contributed by atoms with E-state index in [0.717, 1.165) is 11.3 Å². The summed E-state index contributed by atoms with van der Waals surface area (Å²) in [6.07, 6.45) is 4.14. The molecule has 0 bridgehead atoms. The average Bonchev–Trinajstić information content (AvgIpc) is 2.90. The van der Waals surface area contributed by atoms with Crippen LogP contribution in [0.5, 0.6) is 0 Å². The maximum Gasteiger partial charge on any atom is 0.0303 e. The van der Waals surface area contributed by atoms with Gasteiger partial charge in [-0.25, -0.2) is 0 Å². The first-order valence-electron chi connectivity index (χ1n) is 6.21. The highest BCUT2D eigenvalue weighted by molar-refractivity contribution is 7.99. The van der Waals surface area contributed by atoms with Crippen molar-refractivity contribution in [2.24, 2.45) is 0 Å². The first-order chi connectivity index (χ1) is 7.81. The molecule has 3 atom stereocenters. The van der Waals surface area contributed by atoms with Gasteiger partial charge in [-0.2, -0.15) is 23.1 Å². The Hall–Kier alpha value is 0.01000. The van der Waals surface area contributed by atoms with E-state index in [-0.39, 0.29) is 0 Å². The minimum atomic E-state index is 0.509. The Morgan fingerprint density at radius 1 is 1.56 bits per heavy atom. The summed E-state index contributed by atoms with van der Waals surface area (Å²) in [5.74, 6) is 1.25. The molecule has 1 N–H and O–H groups in total. The van der Waals surface area contributed by atoms with Gasteiger partial charge in [0.2, 0.25) is 0 Å². The molecule has 0 spiro atoms. The molecular formula is C13H21NS2. The molecule has 0 radical (unpaired) electrons. The van der Waals surface area contributed by atoms with Crippen molar-refractivity contribution in [2.75, 3.05) is 5.75 Å². The SMILES string of the molecule is CCSC1CCCC1NC(C)c1ccsc1. The summed E-state index contributed by atoms with van der Waals surface area (Å²) < 4.78 is 0. The fraction of sp³-hybridized carbons (Fsp3) is 0.692. The van der Waals surface area contributed by atoms with Crippen LogP contribution in [-0.2, 0) is 0 Å². The van der Waals surface area contributed by atoms with Crippen LogP contribution in [0.1, 0.15) is 44.7 Å². The fourth-order valence-electron chi connectivity index (χ4n) is 2.47. The average molecular weight is 255 g/mol. The lowest BCUT2D eigenvalue weighted by atomic mass is 10.1. The standard InChI is InChI=1S/C13H21NS2/c1-3-16-13-6-4-5-12(13)14-10(2)11-7-8-15-9-11/h7-10,12-14H,3-6H2,1-2H3. The van der Waals surface area contributed by atoms with E-state index < -0.39 is 0 Å². The van der Waals surface area contributed by atoms with Gasteiger partial charge in [0.15, 0.2) is 0 Å². The van der Waals surface area contributed by atoms with Crippen LogP contribution in [0.4, 0.5) is 0 Å². The maximum atomic E-state index is 3.80. The van der Waals surface area contributed by atoms with Crippen molar-refractivity contribution in [3.63, 3.8) is 0 Å². The molecule has 3 heteroatoms. The van der Waals surface area contributed by atoms with Gasteiger partial charge >= 0.3 is 0 Å². The van der Waals surface area contributed by atoms with Crippen molar-refractivity contribution in [1.82, 2.24) is 5.32 Å². The third kappa shape index (κ3) is 3.02. The van der Waals surface area contributed by atoms with E-state index in [1.165, 1.54) is 30.6 Å². The predicted molar refractivity (Wildman–Crippen MR) is 75.4 cm³/mol. The molecule has 0 saturated heterocycles. The molecule has 1 fully saturated rings. The summed E-state index contributed by atoms with van der Waals surface area (Å²) in [5, 5.41) is 9.07. The second-order valence-corrected chi connectivity index (χ2v) is 6.77. The van der Waals surface area contributed by atoms with Crippen LogP contribution >= 0.6 is 23.1 Å². The molecular weight excluding hydrogens is 234 g/mol. The van der Waals surface area contributed by atoms with Crippen LogP contribution in [0.25, 0.3) is 0 Å². The van der Waals surface area contributed by atoms with Crippen molar-refractivity contribution >= 4 is 23.1 Å². The summed E-state index contributed by atoms with van der Waals surface area (Å²) in [6.45, 7) is 4.55. The fourth-order valence-corrected chi connectivity index (χ4v) is 4.43. The van der Waals surface area contributed by atoms with Gasteiger partial charge in [-0.1, -0.05) is 13.3 Å². The van der Waals surface area contributed by atoms with Crippen LogP contribution in [0, 0.1) is 0 Å². The number of nitrogens with one attached hydrogen (secondary N) is 1. The predicted octanol–water partition coefficient (Wildman–Crippen LogP) is 4.07. The minimum Gasteiger partial charge on any atom is -0.306 e. The van der Waals surface area contributed by atoms with Gasteiger partial charge in [-0.3, -0.25) is 0 Å². The normalized spacial score (nSPS) is 27.1. The van der Waals surface area contributed by atoms with Gasteiger partial charge in [0, 0.05) is 17.3 Å². The number of hydrogen-bond donors (Lipinski definition) is 1. The molecule has 1 aromatic rings. The number of thiophene rings is 1. The van der Waals surface area contributed by atoms with E-state index in [9.17, 15) is 0 Å². The number of rotatable bonds is 5. The van der Waals surface area contributed by atoms with E-state index >= 15 is 0 Å². The zero-order valence-electron chi connectivity index (χ0n) is 10.1. The molecule has 0 amide bonds. The zero-order valence-corrected chi connectivity index (χ0v) is 11.7. The summed E-state index contributed by atoms with van der Waals surface area (Å²) in [7, 11) is 0. The van der Waals surface area contributed by atoms with E-state index in [2.05, 4.69) is 47.8 Å². The molecule has 1 aliphatic rings. The second-order valence-electron chi connectivity index (χ2n) is 4.48. The lowest BCUT2D eigenvalue weighted by Crippen LogP contribution is -2.35. The highest BCUT2D eigenvalue weighted by Gasteiger charge is 2.28. The molecule has 1 aromatic heterocycles. The van der Waals surface area contributed by atoms with Gasteiger partial charge < -0.3 is 5.32 Å². The molecule has 3 unspecified atom stereocenters. The Morgan fingerprint density at radius 2 is 2.44 bits per heavy atom. The minimum absolute atomic E-state index is 0.509. The van der Waals surface area contributed by atoms with Crippen molar-refractivity contribution in [2.45, 2.75) is 50.4 Å². The summed E-state index contributed by atoms with van der Waals surface area (Å²) in [4.78, 5) is 0.